The molecule has 0 saturated carbocycles. The Morgan fingerprint density at radius 1 is 1.12 bits per heavy atom. The summed E-state index contributed by atoms with van der Waals surface area (Å²) >= 11 is 1.57. The Labute approximate surface area is 97.7 Å². The van der Waals surface area contributed by atoms with E-state index < -0.39 is 10.9 Å². The predicted molar refractivity (Wildman–Crippen MR) is 55.4 cm³/mol. The second kappa shape index (κ2) is 4.48. The first-order chi connectivity index (χ1) is 7.26. The molecular weight excluding hydrogens is 294 g/mol. The first-order valence-electron chi connectivity index (χ1n) is 4.17. The Bertz CT molecular complexity index is 350. The molecule has 0 heterocycles. The number of hydrogen-bond acceptors (Lipinski definition) is 2. The van der Waals surface area contributed by atoms with E-state index in [4.69, 9.17) is 0 Å². The van der Waals surface area contributed by atoms with Crippen molar-refractivity contribution in [3.63, 3.8) is 0 Å². The van der Waals surface area contributed by atoms with Crippen molar-refractivity contribution in [2.75, 3.05) is 12.4 Å². The maximum atomic E-state index is 12.8. The molecule has 0 aliphatic rings. The lowest BCUT2D eigenvalue weighted by atomic mass is 10.3. The molecule has 0 aliphatic carbocycles. The van der Waals surface area contributed by atoms with Crippen LogP contribution in [0.15, 0.2) is 24.3 Å². The second-order valence-corrected chi connectivity index (χ2v) is 3.89. The first-order valence-corrected chi connectivity index (χ1v) is 4.97. The van der Waals surface area contributed by atoms with Crippen LogP contribution >= 0.6 is 15.9 Å². The largest absolute Gasteiger partial charge is 0.475 e. The van der Waals surface area contributed by atoms with Crippen molar-refractivity contribution < 1.29 is 22.3 Å². The summed E-state index contributed by atoms with van der Waals surface area (Å²) in [5.41, 5.74) is 0.654. The maximum absolute atomic E-state index is 12.8. The van der Waals surface area contributed by atoms with Gasteiger partial charge in [0, 0.05) is 28.7 Å². The molecule has 16 heavy (non-hydrogen) atoms. The minimum absolute atomic E-state index is 0.344. The summed E-state index contributed by atoms with van der Waals surface area (Å²) in [5.74, 6) is -0.344. The standard InChI is InChI=1S/C9H8BrF4NO/c1-15-6-2-4-7(5-3-6)16-9(13,14)8(10,11)12/h2-5,15H,1H3. The third kappa shape index (κ3) is 3.01. The van der Waals surface area contributed by atoms with E-state index in [1.54, 1.807) is 23.0 Å². The molecule has 1 rings (SSSR count). The number of benzene rings is 1. The minimum atomic E-state index is -4.60. The zero-order valence-electron chi connectivity index (χ0n) is 8.11. The van der Waals surface area contributed by atoms with Gasteiger partial charge in [-0.1, -0.05) is 0 Å². The van der Waals surface area contributed by atoms with Gasteiger partial charge >= 0.3 is 10.9 Å². The van der Waals surface area contributed by atoms with Gasteiger partial charge in [-0.15, -0.1) is 0 Å². The van der Waals surface area contributed by atoms with Gasteiger partial charge in [0.15, 0.2) is 0 Å². The quantitative estimate of drug-likeness (QED) is 0.676. The van der Waals surface area contributed by atoms with E-state index in [0.29, 0.717) is 5.69 Å². The number of nitrogens with one attached hydrogen (secondary N) is 1. The Kier molecular flexibility index (Phi) is 3.67. The van der Waals surface area contributed by atoms with Crippen LogP contribution in [0.1, 0.15) is 0 Å². The van der Waals surface area contributed by atoms with Crippen molar-refractivity contribution >= 4 is 21.6 Å². The SMILES string of the molecule is CNc1ccc(OC(F)(F)C(F)(F)Br)cc1. The summed E-state index contributed by atoms with van der Waals surface area (Å²) in [7, 11) is 1.64. The molecule has 0 saturated heterocycles. The summed E-state index contributed by atoms with van der Waals surface area (Å²) in [4.78, 5) is -4.42. The third-order valence-electron chi connectivity index (χ3n) is 1.72. The number of ether oxygens (including phenoxy) is 1. The zero-order chi connectivity index (χ0) is 12.4. The van der Waals surface area contributed by atoms with Gasteiger partial charge in [0.2, 0.25) is 0 Å². The number of hydrogen-bond donors (Lipinski definition) is 1. The van der Waals surface area contributed by atoms with Crippen molar-refractivity contribution in [2.45, 2.75) is 10.9 Å². The number of alkyl halides is 5. The molecule has 0 radical (unpaired) electrons. The van der Waals surface area contributed by atoms with E-state index in [2.05, 4.69) is 10.1 Å². The van der Waals surface area contributed by atoms with Crippen LogP contribution in [0.2, 0.25) is 0 Å². The van der Waals surface area contributed by atoms with Crippen molar-refractivity contribution in [3.8, 4) is 5.75 Å². The zero-order valence-corrected chi connectivity index (χ0v) is 9.69. The Morgan fingerprint density at radius 3 is 2.00 bits per heavy atom. The molecule has 2 nitrogen and oxygen atoms in total. The third-order valence-corrected chi connectivity index (χ3v) is 2.18. The van der Waals surface area contributed by atoms with Crippen LogP contribution in [0.25, 0.3) is 0 Å². The first kappa shape index (κ1) is 13.1. The monoisotopic (exact) mass is 301 g/mol. The van der Waals surface area contributed by atoms with Gasteiger partial charge in [-0.2, -0.15) is 17.6 Å². The molecule has 90 valence electrons. The van der Waals surface area contributed by atoms with Crippen molar-refractivity contribution in [3.05, 3.63) is 24.3 Å². The lowest BCUT2D eigenvalue weighted by Gasteiger charge is -2.21. The minimum Gasteiger partial charge on any atom is -0.427 e. The summed E-state index contributed by atoms with van der Waals surface area (Å²) < 4.78 is 54.2. The summed E-state index contributed by atoms with van der Waals surface area (Å²) in [5, 5.41) is 2.75. The molecule has 0 fully saturated rings. The van der Waals surface area contributed by atoms with E-state index in [-0.39, 0.29) is 5.75 Å². The molecule has 0 spiro atoms. The van der Waals surface area contributed by atoms with Gasteiger partial charge in [0.25, 0.3) is 0 Å². The van der Waals surface area contributed by atoms with Gasteiger partial charge in [0.05, 0.1) is 0 Å². The number of rotatable bonds is 4. The highest BCUT2D eigenvalue weighted by Gasteiger charge is 2.57. The van der Waals surface area contributed by atoms with Gasteiger partial charge in [-0.05, 0) is 24.3 Å². The van der Waals surface area contributed by atoms with Gasteiger partial charge in [0.1, 0.15) is 5.75 Å². The van der Waals surface area contributed by atoms with Gasteiger partial charge < -0.3 is 10.1 Å². The van der Waals surface area contributed by atoms with Gasteiger partial charge in [-0.25, -0.2) is 0 Å². The fraction of sp³-hybridized carbons (Fsp3) is 0.333. The smallest absolute Gasteiger partial charge is 0.427 e. The van der Waals surface area contributed by atoms with E-state index in [0.717, 1.165) is 0 Å². The Morgan fingerprint density at radius 2 is 1.62 bits per heavy atom. The highest BCUT2D eigenvalue weighted by Crippen LogP contribution is 2.40. The number of anilines is 1. The maximum Gasteiger partial charge on any atom is 0.475 e. The topological polar surface area (TPSA) is 21.3 Å². The average Bonchev–Trinajstić information content (AvgIpc) is 2.16. The highest BCUT2D eigenvalue weighted by molar-refractivity contribution is 9.10. The predicted octanol–water partition coefficient (Wildman–Crippen LogP) is 3.69. The van der Waals surface area contributed by atoms with E-state index >= 15 is 0 Å². The molecule has 0 unspecified atom stereocenters. The average molecular weight is 302 g/mol. The summed E-state index contributed by atoms with van der Waals surface area (Å²) in [6.45, 7) is 0. The van der Waals surface area contributed by atoms with Crippen LogP contribution in [0.3, 0.4) is 0 Å². The molecule has 0 bridgehead atoms. The van der Waals surface area contributed by atoms with Crippen LogP contribution in [-0.2, 0) is 0 Å². The van der Waals surface area contributed by atoms with Crippen molar-refractivity contribution in [1.82, 2.24) is 0 Å². The fourth-order valence-electron chi connectivity index (χ4n) is 0.896. The lowest BCUT2D eigenvalue weighted by Crippen LogP contribution is -2.40. The summed E-state index contributed by atoms with van der Waals surface area (Å²) in [6, 6.07) is 5.19. The van der Waals surface area contributed by atoms with E-state index in [1.807, 2.05) is 0 Å². The molecule has 0 aromatic heterocycles. The van der Waals surface area contributed by atoms with Gasteiger partial charge in [-0.3, -0.25) is 0 Å². The second-order valence-electron chi connectivity index (χ2n) is 2.89. The normalized spacial score (nSPS) is 12.4. The molecule has 0 aliphatic heterocycles. The Hall–Kier alpha value is -0.980. The van der Waals surface area contributed by atoms with E-state index in [1.165, 1.54) is 24.3 Å². The molecular formula is C9H8BrF4NO. The van der Waals surface area contributed by atoms with Crippen LogP contribution in [-0.4, -0.2) is 18.0 Å². The molecule has 1 aromatic rings. The molecule has 1 N–H and O–H groups in total. The van der Waals surface area contributed by atoms with Crippen molar-refractivity contribution in [1.29, 1.82) is 0 Å². The number of halogens is 5. The van der Waals surface area contributed by atoms with Crippen molar-refractivity contribution in [2.24, 2.45) is 0 Å². The molecule has 0 atom stereocenters. The highest BCUT2D eigenvalue weighted by atomic mass is 79.9. The van der Waals surface area contributed by atoms with Crippen LogP contribution in [0.5, 0.6) is 5.75 Å². The summed E-state index contributed by atoms with van der Waals surface area (Å²) in [6.07, 6.45) is -4.60. The van der Waals surface area contributed by atoms with E-state index in [9.17, 15) is 17.6 Å². The van der Waals surface area contributed by atoms with Crippen LogP contribution in [0.4, 0.5) is 23.2 Å². The Balaban J connectivity index is 2.80. The molecule has 7 heteroatoms. The van der Waals surface area contributed by atoms with Crippen LogP contribution in [0, 0.1) is 0 Å². The lowest BCUT2D eigenvalue weighted by molar-refractivity contribution is -0.266. The fourth-order valence-corrected chi connectivity index (χ4v) is 0.976. The van der Waals surface area contributed by atoms with Crippen LogP contribution < -0.4 is 10.1 Å². The molecule has 1 aromatic carbocycles. The molecule has 0 amide bonds.